The van der Waals surface area contributed by atoms with Gasteiger partial charge in [0.1, 0.15) is 0 Å². The maximum atomic E-state index is 5.34. The molecule has 0 bridgehead atoms. The number of fused-ring (bicyclic) bond motifs is 1. The van der Waals surface area contributed by atoms with E-state index in [9.17, 15) is 0 Å². The lowest BCUT2D eigenvalue weighted by atomic mass is 9.93. The van der Waals surface area contributed by atoms with E-state index >= 15 is 0 Å². The Kier molecular flexibility index (Phi) is 3.23. The summed E-state index contributed by atoms with van der Waals surface area (Å²) in [4.78, 5) is 0. The first-order valence-electron chi connectivity index (χ1n) is 6.24. The average molecular weight is 264 g/mol. The van der Waals surface area contributed by atoms with Gasteiger partial charge in [-0.05, 0) is 49.2 Å². The van der Waals surface area contributed by atoms with Gasteiger partial charge in [0.05, 0.1) is 0 Å². The quantitative estimate of drug-likeness (QED) is 0.817. The van der Waals surface area contributed by atoms with Gasteiger partial charge in [-0.1, -0.05) is 6.07 Å². The number of nitrogens with one attached hydrogen (secondary N) is 2. The molecule has 1 aliphatic carbocycles. The van der Waals surface area contributed by atoms with Crippen LogP contribution in [0.2, 0.25) is 0 Å². The molecule has 1 aliphatic heterocycles. The Bertz CT molecular complexity index is 460. The van der Waals surface area contributed by atoms with Gasteiger partial charge in [0, 0.05) is 12.6 Å². The van der Waals surface area contributed by atoms with E-state index in [2.05, 4.69) is 10.6 Å². The molecule has 1 aromatic carbocycles. The van der Waals surface area contributed by atoms with Crippen molar-refractivity contribution in [3.63, 3.8) is 0 Å². The topological polar surface area (TPSA) is 42.5 Å². The summed E-state index contributed by atoms with van der Waals surface area (Å²) < 4.78 is 10.6. The van der Waals surface area contributed by atoms with Crippen molar-refractivity contribution in [1.82, 2.24) is 10.6 Å². The number of rotatable bonds is 3. The highest BCUT2D eigenvalue weighted by Gasteiger charge is 2.17. The van der Waals surface area contributed by atoms with Crippen LogP contribution in [0.25, 0.3) is 0 Å². The van der Waals surface area contributed by atoms with Crippen LogP contribution >= 0.6 is 12.2 Å². The van der Waals surface area contributed by atoms with E-state index in [1.807, 2.05) is 18.2 Å². The lowest BCUT2D eigenvalue weighted by Gasteiger charge is -2.27. The normalized spacial score (nSPS) is 17.1. The van der Waals surface area contributed by atoms with Gasteiger partial charge in [0.25, 0.3) is 0 Å². The summed E-state index contributed by atoms with van der Waals surface area (Å²) in [6.07, 6.45) is 3.76. The molecule has 1 fully saturated rings. The highest BCUT2D eigenvalue weighted by atomic mass is 32.1. The van der Waals surface area contributed by atoms with E-state index in [1.165, 1.54) is 19.3 Å². The largest absolute Gasteiger partial charge is 0.454 e. The summed E-state index contributed by atoms with van der Waals surface area (Å²) in [6, 6.07) is 6.51. The standard InChI is InChI=1S/C13H16N2O2S/c18-13(15-10-2-1-3-10)14-7-9-4-5-11-12(6-9)17-8-16-11/h4-6,10H,1-3,7-8H2,(H2,14,15,18). The minimum absolute atomic E-state index is 0.313. The predicted octanol–water partition coefficient (Wildman–Crippen LogP) is 1.93. The second-order valence-electron chi connectivity index (χ2n) is 4.64. The van der Waals surface area contributed by atoms with Crippen molar-refractivity contribution in [3.8, 4) is 11.5 Å². The summed E-state index contributed by atoms with van der Waals surface area (Å²) >= 11 is 5.25. The number of ether oxygens (including phenoxy) is 2. The van der Waals surface area contributed by atoms with Crippen molar-refractivity contribution >= 4 is 17.3 Å². The molecule has 1 aromatic rings. The van der Waals surface area contributed by atoms with Crippen molar-refractivity contribution in [2.24, 2.45) is 0 Å². The second-order valence-corrected chi connectivity index (χ2v) is 5.05. The molecule has 0 amide bonds. The molecule has 1 heterocycles. The molecule has 0 saturated heterocycles. The van der Waals surface area contributed by atoms with Crippen LogP contribution in [0.15, 0.2) is 18.2 Å². The molecule has 0 atom stereocenters. The molecule has 1 saturated carbocycles. The van der Waals surface area contributed by atoms with Gasteiger partial charge in [0.2, 0.25) is 6.79 Å². The Labute approximate surface area is 112 Å². The van der Waals surface area contributed by atoms with Crippen molar-refractivity contribution in [2.75, 3.05) is 6.79 Å². The van der Waals surface area contributed by atoms with Gasteiger partial charge in [-0.25, -0.2) is 0 Å². The molecule has 4 nitrogen and oxygen atoms in total. The molecule has 96 valence electrons. The number of benzene rings is 1. The smallest absolute Gasteiger partial charge is 0.231 e. The van der Waals surface area contributed by atoms with Gasteiger partial charge in [-0.2, -0.15) is 0 Å². The maximum Gasteiger partial charge on any atom is 0.231 e. The zero-order valence-corrected chi connectivity index (χ0v) is 10.9. The number of thiocarbonyl (C=S) groups is 1. The first-order chi connectivity index (χ1) is 8.81. The molecule has 2 N–H and O–H groups in total. The van der Waals surface area contributed by atoms with E-state index < -0.39 is 0 Å². The third-order valence-electron chi connectivity index (χ3n) is 3.33. The zero-order valence-electron chi connectivity index (χ0n) is 10.1. The first kappa shape index (κ1) is 11.6. The summed E-state index contributed by atoms with van der Waals surface area (Å²) in [5.41, 5.74) is 1.14. The van der Waals surface area contributed by atoms with Crippen LogP contribution in [0.4, 0.5) is 0 Å². The van der Waals surface area contributed by atoms with Crippen molar-refractivity contribution in [1.29, 1.82) is 0 Å². The molecular formula is C13H16N2O2S. The number of hydrogen-bond acceptors (Lipinski definition) is 3. The van der Waals surface area contributed by atoms with Gasteiger partial charge in [0.15, 0.2) is 16.6 Å². The summed E-state index contributed by atoms with van der Waals surface area (Å²) in [5.74, 6) is 1.63. The van der Waals surface area contributed by atoms with Gasteiger partial charge in [-0.3, -0.25) is 0 Å². The fourth-order valence-corrected chi connectivity index (χ4v) is 2.26. The highest BCUT2D eigenvalue weighted by Crippen LogP contribution is 2.32. The third-order valence-corrected chi connectivity index (χ3v) is 3.59. The van der Waals surface area contributed by atoms with Crippen LogP contribution in [0, 0.1) is 0 Å². The van der Waals surface area contributed by atoms with Gasteiger partial charge >= 0.3 is 0 Å². The molecule has 18 heavy (non-hydrogen) atoms. The fourth-order valence-electron chi connectivity index (χ4n) is 2.02. The maximum absolute atomic E-state index is 5.34. The van der Waals surface area contributed by atoms with Crippen LogP contribution in [0.5, 0.6) is 11.5 Å². The van der Waals surface area contributed by atoms with E-state index in [4.69, 9.17) is 21.7 Å². The Morgan fingerprint density at radius 2 is 2.11 bits per heavy atom. The van der Waals surface area contributed by atoms with Gasteiger partial charge in [-0.15, -0.1) is 0 Å². The average Bonchev–Trinajstić information content (AvgIpc) is 2.78. The van der Waals surface area contributed by atoms with Crippen LogP contribution < -0.4 is 20.1 Å². The van der Waals surface area contributed by atoms with Gasteiger partial charge < -0.3 is 20.1 Å². The van der Waals surface area contributed by atoms with E-state index in [1.54, 1.807) is 0 Å². The minimum Gasteiger partial charge on any atom is -0.454 e. The lowest BCUT2D eigenvalue weighted by molar-refractivity contribution is 0.174. The molecule has 0 aromatic heterocycles. The second kappa shape index (κ2) is 5.02. The Morgan fingerprint density at radius 1 is 1.28 bits per heavy atom. The van der Waals surface area contributed by atoms with E-state index in [0.717, 1.165) is 22.2 Å². The molecular weight excluding hydrogens is 248 g/mol. The Hall–Kier alpha value is -1.49. The SMILES string of the molecule is S=C(NCc1ccc2c(c1)OCO2)NC1CCC1. The Balaban J connectivity index is 1.51. The van der Waals surface area contributed by atoms with Crippen LogP contribution in [0.3, 0.4) is 0 Å². The summed E-state index contributed by atoms with van der Waals surface area (Å²) in [6.45, 7) is 1.02. The van der Waals surface area contributed by atoms with Crippen molar-refractivity contribution in [3.05, 3.63) is 23.8 Å². The van der Waals surface area contributed by atoms with E-state index in [-0.39, 0.29) is 0 Å². The molecule has 0 unspecified atom stereocenters. The van der Waals surface area contributed by atoms with Crippen LogP contribution in [-0.4, -0.2) is 17.9 Å². The predicted molar refractivity (Wildman–Crippen MR) is 72.8 cm³/mol. The first-order valence-corrected chi connectivity index (χ1v) is 6.65. The lowest BCUT2D eigenvalue weighted by Crippen LogP contribution is -2.44. The van der Waals surface area contributed by atoms with Crippen molar-refractivity contribution in [2.45, 2.75) is 31.8 Å². The summed E-state index contributed by atoms with van der Waals surface area (Å²) in [5, 5.41) is 7.25. The van der Waals surface area contributed by atoms with Crippen LogP contribution in [0.1, 0.15) is 24.8 Å². The van der Waals surface area contributed by atoms with E-state index in [0.29, 0.717) is 19.4 Å². The molecule has 0 radical (unpaired) electrons. The highest BCUT2D eigenvalue weighted by molar-refractivity contribution is 7.80. The Morgan fingerprint density at radius 3 is 2.89 bits per heavy atom. The monoisotopic (exact) mass is 264 g/mol. The fraction of sp³-hybridized carbons (Fsp3) is 0.462. The molecule has 0 spiro atoms. The number of hydrogen-bond donors (Lipinski definition) is 2. The zero-order chi connectivity index (χ0) is 12.4. The summed E-state index contributed by atoms with van der Waals surface area (Å²) in [7, 11) is 0. The molecule has 2 aliphatic rings. The third kappa shape index (κ3) is 2.51. The molecule has 5 heteroatoms. The minimum atomic E-state index is 0.313. The van der Waals surface area contributed by atoms with Crippen LogP contribution in [-0.2, 0) is 6.54 Å². The molecule has 3 rings (SSSR count). The van der Waals surface area contributed by atoms with Crippen molar-refractivity contribution < 1.29 is 9.47 Å².